The number of amides is 1. The predicted molar refractivity (Wildman–Crippen MR) is 59.7 cm³/mol. The molecule has 76 valence electrons. The molecular weight excluding hydrogens is 200 g/mol. The quantitative estimate of drug-likeness (QED) is 0.722. The molecule has 0 saturated carbocycles. The molecule has 2 N–H and O–H groups in total. The number of carbonyl (C=O) groups excluding carboxylic acids is 1. The lowest BCUT2D eigenvalue weighted by molar-refractivity contribution is -0.117. The van der Waals surface area contributed by atoms with Gasteiger partial charge in [-0.15, -0.1) is 12.4 Å². The fraction of sp³-hybridized carbons (Fsp3) is 0.300. The minimum Gasteiger partial charge on any atom is -0.399 e. The molecule has 0 atom stereocenters. The van der Waals surface area contributed by atoms with Gasteiger partial charge in [-0.2, -0.15) is 0 Å². The van der Waals surface area contributed by atoms with E-state index in [0.29, 0.717) is 12.1 Å². The van der Waals surface area contributed by atoms with Crippen molar-refractivity contribution in [3.8, 4) is 0 Å². The van der Waals surface area contributed by atoms with E-state index in [1.54, 1.807) is 4.90 Å². The van der Waals surface area contributed by atoms with E-state index in [0.717, 1.165) is 18.7 Å². The molecule has 1 fully saturated rings. The van der Waals surface area contributed by atoms with E-state index in [9.17, 15) is 4.79 Å². The number of halogens is 1. The lowest BCUT2D eigenvalue weighted by Gasteiger charge is -2.15. The summed E-state index contributed by atoms with van der Waals surface area (Å²) in [4.78, 5) is 13.2. The second-order valence-electron chi connectivity index (χ2n) is 3.24. The monoisotopic (exact) mass is 212 g/mol. The summed E-state index contributed by atoms with van der Waals surface area (Å²) in [5.41, 5.74) is 7.26. The van der Waals surface area contributed by atoms with Gasteiger partial charge in [0.2, 0.25) is 5.91 Å². The first-order valence-corrected chi connectivity index (χ1v) is 4.43. The Labute approximate surface area is 89.3 Å². The van der Waals surface area contributed by atoms with Crippen molar-refractivity contribution in [1.82, 2.24) is 0 Å². The summed E-state index contributed by atoms with van der Waals surface area (Å²) >= 11 is 0. The van der Waals surface area contributed by atoms with Crippen LogP contribution in [0.4, 0.5) is 11.4 Å². The number of rotatable bonds is 1. The zero-order chi connectivity index (χ0) is 9.26. The third kappa shape index (κ3) is 1.99. The summed E-state index contributed by atoms with van der Waals surface area (Å²) in [6, 6.07) is 7.45. The van der Waals surface area contributed by atoms with Crippen molar-refractivity contribution in [3.63, 3.8) is 0 Å². The fourth-order valence-electron chi connectivity index (χ4n) is 1.61. The molecule has 2 rings (SSSR count). The molecule has 1 aromatic rings. The van der Waals surface area contributed by atoms with Gasteiger partial charge in [-0.05, 0) is 24.6 Å². The molecular formula is C10H13ClN2O. The van der Waals surface area contributed by atoms with E-state index in [4.69, 9.17) is 5.73 Å². The van der Waals surface area contributed by atoms with E-state index < -0.39 is 0 Å². The largest absolute Gasteiger partial charge is 0.399 e. The number of hydrogen-bond donors (Lipinski definition) is 1. The Kier molecular flexibility index (Phi) is 3.36. The van der Waals surface area contributed by atoms with Crippen LogP contribution in [0.25, 0.3) is 0 Å². The zero-order valence-electron chi connectivity index (χ0n) is 7.77. The van der Waals surface area contributed by atoms with Crippen molar-refractivity contribution < 1.29 is 4.79 Å². The number of nitrogens with two attached hydrogens (primary N) is 1. The molecule has 3 nitrogen and oxygen atoms in total. The Morgan fingerprint density at radius 1 is 1.36 bits per heavy atom. The van der Waals surface area contributed by atoms with Crippen LogP contribution in [0.1, 0.15) is 12.8 Å². The van der Waals surface area contributed by atoms with E-state index in [-0.39, 0.29) is 18.3 Å². The Balaban J connectivity index is 0.000000980. The Bertz CT molecular complexity index is 341. The summed E-state index contributed by atoms with van der Waals surface area (Å²) in [6.45, 7) is 0.822. The SMILES string of the molecule is Cl.Nc1cccc(N2CCCC2=O)c1. The van der Waals surface area contributed by atoms with Crippen LogP contribution in [-0.4, -0.2) is 12.5 Å². The second-order valence-corrected chi connectivity index (χ2v) is 3.24. The third-order valence-electron chi connectivity index (χ3n) is 2.26. The maximum Gasteiger partial charge on any atom is 0.227 e. The summed E-state index contributed by atoms with van der Waals surface area (Å²) < 4.78 is 0. The van der Waals surface area contributed by atoms with Crippen molar-refractivity contribution in [2.75, 3.05) is 17.2 Å². The fourth-order valence-corrected chi connectivity index (χ4v) is 1.61. The van der Waals surface area contributed by atoms with Gasteiger partial charge >= 0.3 is 0 Å². The highest BCUT2D eigenvalue weighted by Crippen LogP contribution is 2.22. The molecule has 0 aliphatic carbocycles. The summed E-state index contributed by atoms with van der Waals surface area (Å²) in [5, 5.41) is 0. The second kappa shape index (κ2) is 4.33. The van der Waals surface area contributed by atoms with E-state index in [2.05, 4.69) is 0 Å². The molecule has 1 aliphatic heterocycles. The predicted octanol–water partition coefficient (Wildman–Crippen LogP) is 1.82. The minimum atomic E-state index is 0. The standard InChI is InChI=1S/C10H12N2O.ClH/c11-8-3-1-4-9(7-8)12-6-2-5-10(12)13;/h1,3-4,7H,2,5-6,11H2;1H. The average Bonchev–Trinajstić information content (AvgIpc) is 2.51. The highest BCUT2D eigenvalue weighted by atomic mass is 35.5. The number of carbonyl (C=O) groups is 1. The van der Waals surface area contributed by atoms with Crippen LogP contribution in [0.3, 0.4) is 0 Å². The molecule has 0 radical (unpaired) electrons. The zero-order valence-corrected chi connectivity index (χ0v) is 8.59. The summed E-state index contributed by atoms with van der Waals surface area (Å²) in [6.07, 6.45) is 1.61. The van der Waals surface area contributed by atoms with Crippen molar-refractivity contribution in [2.45, 2.75) is 12.8 Å². The maximum atomic E-state index is 11.4. The highest BCUT2D eigenvalue weighted by molar-refractivity contribution is 5.95. The van der Waals surface area contributed by atoms with Gasteiger partial charge in [0.15, 0.2) is 0 Å². The normalized spacial score (nSPS) is 15.4. The van der Waals surface area contributed by atoms with Crippen LogP contribution >= 0.6 is 12.4 Å². The van der Waals surface area contributed by atoms with Gasteiger partial charge in [0, 0.05) is 24.3 Å². The molecule has 1 aromatic carbocycles. The number of nitrogen functional groups attached to an aromatic ring is 1. The van der Waals surface area contributed by atoms with Crippen molar-refractivity contribution in [2.24, 2.45) is 0 Å². The van der Waals surface area contributed by atoms with Crippen LogP contribution < -0.4 is 10.6 Å². The Hall–Kier alpha value is -1.22. The first-order valence-electron chi connectivity index (χ1n) is 4.43. The molecule has 1 aliphatic rings. The number of nitrogens with zero attached hydrogens (tertiary/aromatic N) is 1. The van der Waals surface area contributed by atoms with Crippen LogP contribution in [-0.2, 0) is 4.79 Å². The molecule has 1 saturated heterocycles. The van der Waals surface area contributed by atoms with Gasteiger partial charge in [0.25, 0.3) is 0 Å². The van der Waals surface area contributed by atoms with Crippen molar-refractivity contribution in [1.29, 1.82) is 0 Å². The number of benzene rings is 1. The molecule has 1 heterocycles. The molecule has 0 aromatic heterocycles. The van der Waals surface area contributed by atoms with E-state index >= 15 is 0 Å². The first kappa shape index (κ1) is 10.9. The van der Waals surface area contributed by atoms with Crippen LogP contribution in [0, 0.1) is 0 Å². The third-order valence-corrected chi connectivity index (χ3v) is 2.26. The summed E-state index contributed by atoms with van der Waals surface area (Å²) in [5.74, 6) is 0.200. The smallest absolute Gasteiger partial charge is 0.227 e. The minimum absolute atomic E-state index is 0. The van der Waals surface area contributed by atoms with Crippen LogP contribution in [0.2, 0.25) is 0 Å². The maximum absolute atomic E-state index is 11.4. The van der Waals surface area contributed by atoms with E-state index in [1.807, 2.05) is 24.3 Å². The van der Waals surface area contributed by atoms with Gasteiger partial charge in [-0.25, -0.2) is 0 Å². The van der Waals surface area contributed by atoms with Gasteiger partial charge in [0.1, 0.15) is 0 Å². The number of hydrogen-bond acceptors (Lipinski definition) is 2. The molecule has 0 bridgehead atoms. The van der Waals surface area contributed by atoms with Crippen molar-refractivity contribution >= 4 is 29.7 Å². The molecule has 4 heteroatoms. The molecule has 1 amide bonds. The van der Waals surface area contributed by atoms with Gasteiger partial charge < -0.3 is 10.6 Å². The van der Waals surface area contributed by atoms with Crippen molar-refractivity contribution in [3.05, 3.63) is 24.3 Å². The van der Waals surface area contributed by atoms with Gasteiger partial charge in [0.05, 0.1) is 0 Å². The molecule has 14 heavy (non-hydrogen) atoms. The Morgan fingerprint density at radius 2 is 2.14 bits per heavy atom. The van der Waals surface area contributed by atoms with Crippen LogP contribution in [0.15, 0.2) is 24.3 Å². The van der Waals surface area contributed by atoms with Gasteiger partial charge in [-0.3, -0.25) is 4.79 Å². The van der Waals surface area contributed by atoms with Crippen LogP contribution in [0.5, 0.6) is 0 Å². The molecule has 0 unspecified atom stereocenters. The van der Waals surface area contributed by atoms with Gasteiger partial charge in [-0.1, -0.05) is 6.07 Å². The highest BCUT2D eigenvalue weighted by Gasteiger charge is 2.21. The lowest BCUT2D eigenvalue weighted by atomic mass is 10.2. The van der Waals surface area contributed by atoms with E-state index in [1.165, 1.54) is 0 Å². The topological polar surface area (TPSA) is 46.3 Å². The Morgan fingerprint density at radius 3 is 2.71 bits per heavy atom. The molecule has 0 spiro atoms. The average molecular weight is 213 g/mol. The first-order chi connectivity index (χ1) is 6.27. The number of anilines is 2. The summed E-state index contributed by atoms with van der Waals surface area (Å²) in [7, 11) is 0. The lowest BCUT2D eigenvalue weighted by Crippen LogP contribution is -2.23.